The summed E-state index contributed by atoms with van der Waals surface area (Å²) in [4.78, 5) is 12.1. The summed E-state index contributed by atoms with van der Waals surface area (Å²) in [5.74, 6) is -0.782. The summed E-state index contributed by atoms with van der Waals surface area (Å²) < 4.78 is 19.5. The fourth-order valence-electron chi connectivity index (χ4n) is 2.44. The number of halogens is 1. The predicted molar refractivity (Wildman–Crippen MR) is 71.7 cm³/mol. The summed E-state index contributed by atoms with van der Waals surface area (Å²) in [6.45, 7) is 6.27. The van der Waals surface area contributed by atoms with Gasteiger partial charge in [0.05, 0.1) is 11.2 Å². The van der Waals surface area contributed by atoms with E-state index in [0.717, 1.165) is 12.8 Å². The molecule has 1 aromatic carbocycles. The molecular weight excluding hydrogens is 245 g/mol. The van der Waals surface area contributed by atoms with Gasteiger partial charge in [-0.05, 0) is 45.2 Å². The zero-order chi connectivity index (χ0) is 14.0. The first-order valence-electron chi connectivity index (χ1n) is 6.59. The molecule has 1 heterocycles. The van der Waals surface area contributed by atoms with Crippen molar-refractivity contribution >= 4 is 5.91 Å². The number of benzene rings is 1. The lowest BCUT2D eigenvalue weighted by atomic mass is 9.93. The van der Waals surface area contributed by atoms with Crippen LogP contribution in [0.3, 0.4) is 0 Å². The van der Waals surface area contributed by atoms with Gasteiger partial charge >= 0.3 is 0 Å². The Bertz CT molecular complexity index is 485. The van der Waals surface area contributed by atoms with Gasteiger partial charge in [0.2, 0.25) is 0 Å². The van der Waals surface area contributed by atoms with E-state index < -0.39 is 5.82 Å². The standard InChI is InChI=1S/C15H20FNO2/c1-10-5-4-6-12(13(10)16)14(18)17-11-7-8-19-15(2,3)9-11/h4-6,11H,7-9H2,1-3H3,(H,17,18). The summed E-state index contributed by atoms with van der Waals surface area (Å²) in [5, 5.41) is 2.90. The van der Waals surface area contributed by atoms with Crippen molar-refractivity contribution in [3.8, 4) is 0 Å². The number of aryl methyl sites for hydroxylation is 1. The van der Waals surface area contributed by atoms with Gasteiger partial charge in [-0.25, -0.2) is 4.39 Å². The molecule has 0 spiro atoms. The molecule has 104 valence electrons. The Morgan fingerprint density at radius 3 is 2.89 bits per heavy atom. The molecule has 0 saturated carbocycles. The molecule has 4 heteroatoms. The summed E-state index contributed by atoms with van der Waals surface area (Å²) in [6, 6.07) is 4.91. The van der Waals surface area contributed by atoms with Gasteiger partial charge < -0.3 is 10.1 Å². The van der Waals surface area contributed by atoms with Crippen LogP contribution in [0.1, 0.15) is 42.6 Å². The molecule has 1 N–H and O–H groups in total. The second-order valence-electron chi connectivity index (χ2n) is 5.71. The Labute approximate surface area is 113 Å². The molecule has 0 aromatic heterocycles. The molecule has 2 rings (SSSR count). The maximum absolute atomic E-state index is 13.9. The first kappa shape index (κ1) is 14.0. The van der Waals surface area contributed by atoms with E-state index in [9.17, 15) is 9.18 Å². The van der Waals surface area contributed by atoms with Crippen molar-refractivity contribution in [2.45, 2.75) is 45.3 Å². The maximum Gasteiger partial charge on any atom is 0.254 e. The molecule has 0 aliphatic carbocycles. The average molecular weight is 265 g/mol. The van der Waals surface area contributed by atoms with E-state index >= 15 is 0 Å². The van der Waals surface area contributed by atoms with Gasteiger partial charge in [0.15, 0.2) is 0 Å². The van der Waals surface area contributed by atoms with Crippen LogP contribution in [-0.2, 0) is 4.74 Å². The second-order valence-corrected chi connectivity index (χ2v) is 5.71. The van der Waals surface area contributed by atoms with E-state index in [1.165, 1.54) is 6.07 Å². The van der Waals surface area contributed by atoms with Gasteiger partial charge in [0, 0.05) is 12.6 Å². The monoisotopic (exact) mass is 265 g/mol. The van der Waals surface area contributed by atoms with Crippen LogP contribution in [0, 0.1) is 12.7 Å². The molecule has 1 amide bonds. The quantitative estimate of drug-likeness (QED) is 0.893. The highest BCUT2D eigenvalue weighted by Gasteiger charge is 2.30. The third-order valence-corrected chi connectivity index (χ3v) is 3.47. The van der Waals surface area contributed by atoms with E-state index in [1.807, 2.05) is 13.8 Å². The highest BCUT2D eigenvalue weighted by Crippen LogP contribution is 2.24. The van der Waals surface area contributed by atoms with Crippen molar-refractivity contribution in [1.82, 2.24) is 5.32 Å². The lowest BCUT2D eigenvalue weighted by molar-refractivity contribution is -0.0615. The lowest BCUT2D eigenvalue weighted by Gasteiger charge is -2.35. The van der Waals surface area contributed by atoms with E-state index in [-0.39, 0.29) is 23.1 Å². The molecule has 3 nitrogen and oxygen atoms in total. The fraction of sp³-hybridized carbons (Fsp3) is 0.533. The van der Waals surface area contributed by atoms with Crippen molar-refractivity contribution < 1.29 is 13.9 Å². The van der Waals surface area contributed by atoms with Crippen LogP contribution in [0.25, 0.3) is 0 Å². The maximum atomic E-state index is 13.9. The molecule has 1 aromatic rings. The first-order chi connectivity index (χ1) is 8.89. The van der Waals surface area contributed by atoms with Gasteiger partial charge in [0.25, 0.3) is 5.91 Å². The minimum Gasteiger partial charge on any atom is -0.375 e. The molecule has 19 heavy (non-hydrogen) atoms. The number of hydrogen-bond acceptors (Lipinski definition) is 2. The number of nitrogens with one attached hydrogen (secondary N) is 1. The highest BCUT2D eigenvalue weighted by molar-refractivity contribution is 5.94. The molecule has 1 aliphatic rings. The van der Waals surface area contributed by atoms with Crippen LogP contribution in [0.15, 0.2) is 18.2 Å². The van der Waals surface area contributed by atoms with Crippen molar-refractivity contribution in [2.24, 2.45) is 0 Å². The summed E-state index contributed by atoms with van der Waals surface area (Å²) >= 11 is 0. The lowest BCUT2D eigenvalue weighted by Crippen LogP contribution is -2.46. The molecule has 0 radical (unpaired) electrons. The summed E-state index contributed by atoms with van der Waals surface area (Å²) in [5.41, 5.74) is 0.366. The van der Waals surface area contributed by atoms with Crippen LogP contribution in [-0.4, -0.2) is 24.2 Å². The molecule has 0 bridgehead atoms. The third kappa shape index (κ3) is 3.32. The highest BCUT2D eigenvalue weighted by atomic mass is 19.1. The zero-order valence-corrected chi connectivity index (χ0v) is 11.6. The van der Waals surface area contributed by atoms with Gasteiger partial charge in [-0.3, -0.25) is 4.79 Å². The van der Waals surface area contributed by atoms with Crippen LogP contribution in [0.5, 0.6) is 0 Å². The zero-order valence-electron chi connectivity index (χ0n) is 11.6. The van der Waals surface area contributed by atoms with Gasteiger partial charge in [-0.1, -0.05) is 12.1 Å². The largest absolute Gasteiger partial charge is 0.375 e. The van der Waals surface area contributed by atoms with E-state index in [2.05, 4.69) is 5.32 Å². The van der Waals surface area contributed by atoms with Crippen LogP contribution in [0.2, 0.25) is 0 Å². The summed E-state index contributed by atoms with van der Waals surface area (Å²) in [7, 11) is 0. The van der Waals surface area contributed by atoms with E-state index in [4.69, 9.17) is 4.74 Å². The van der Waals surface area contributed by atoms with Crippen molar-refractivity contribution in [2.75, 3.05) is 6.61 Å². The number of ether oxygens (including phenoxy) is 1. The number of carbonyl (C=O) groups excluding carboxylic acids is 1. The minimum atomic E-state index is -0.439. The number of hydrogen-bond donors (Lipinski definition) is 1. The van der Waals surface area contributed by atoms with Crippen molar-refractivity contribution in [3.05, 3.63) is 35.1 Å². The Kier molecular flexibility index (Phi) is 3.90. The Morgan fingerprint density at radius 1 is 1.47 bits per heavy atom. The number of amides is 1. The van der Waals surface area contributed by atoms with Crippen molar-refractivity contribution in [3.63, 3.8) is 0 Å². The van der Waals surface area contributed by atoms with E-state index in [0.29, 0.717) is 12.2 Å². The minimum absolute atomic E-state index is 0.0381. The Balaban J connectivity index is 2.07. The van der Waals surface area contributed by atoms with Gasteiger partial charge in [0.1, 0.15) is 5.82 Å². The average Bonchev–Trinajstić information content (AvgIpc) is 2.31. The van der Waals surface area contributed by atoms with Crippen molar-refractivity contribution in [1.29, 1.82) is 0 Å². The topological polar surface area (TPSA) is 38.3 Å². The molecular formula is C15H20FNO2. The van der Waals surface area contributed by atoms with E-state index in [1.54, 1.807) is 19.1 Å². The van der Waals surface area contributed by atoms with Gasteiger partial charge in [-0.15, -0.1) is 0 Å². The van der Waals surface area contributed by atoms with Gasteiger partial charge in [-0.2, -0.15) is 0 Å². The smallest absolute Gasteiger partial charge is 0.254 e. The SMILES string of the molecule is Cc1cccc(C(=O)NC2CCOC(C)(C)C2)c1F. The molecule has 1 aliphatic heterocycles. The number of carbonyl (C=O) groups is 1. The molecule has 1 atom stereocenters. The third-order valence-electron chi connectivity index (χ3n) is 3.47. The first-order valence-corrected chi connectivity index (χ1v) is 6.59. The Hall–Kier alpha value is -1.42. The fourth-order valence-corrected chi connectivity index (χ4v) is 2.44. The van der Waals surface area contributed by atoms with Crippen LogP contribution >= 0.6 is 0 Å². The molecule has 1 fully saturated rings. The summed E-state index contributed by atoms with van der Waals surface area (Å²) in [6.07, 6.45) is 1.51. The predicted octanol–water partition coefficient (Wildman–Crippen LogP) is 2.82. The molecule has 1 saturated heterocycles. The Morgan fingerprint density at radius 2 is 2.21 bits per heavy atom. The van der Waals surface area contributed by atoms with Crippen LogP contribution in [0.4, 0.5) is 4.39 Å². The number of rotatable bonds is 2. The second kappa shape index (κ2) is 5.29. The van der Waals surface area contributed by atoms with Crippen LogP contribution < -0.4 is 5.32 Å². The normalized spacial score (nSPS) is 22.0. The molecule has 1 unspecified atom stereocenters.